The SMILES string of the molecule is CC(Cl)c1nc2cc(Cl)ccc2n1CC1CCCN(C)C1. The average molecular weight is 326 g/mol. The van der Waals surface area contributed by atoms with Crippen LogP contribution in [0, 0.1) is 5.92 Å². The summed E-state index contributed by atoms with van der Waals surface area (Å²) in [6, 6.07) is 5.90. The second kappa shape index (κ2) is 6.15. The molecule has 3 rings (SSSR count). The van der Waals surface area contributed by atoms with Crippen LogP contribution in [-0.2, 0) is 6.54 Å². The molecule has 0 spiro atoms. The van der Waals surface area contributed by atoms with Crippen molar-refractivity contribution in [1.82, 2.24) is 14.5 Å². The van der Waals surface area contributed by atoms with Gasteiger partial charge in [0, 0.05) is 18.1 Å². The minimum atomic E-state index is -0.0995. The fraction of sp³-hybridized carbons (Fsp3) is 0.562. The number of fused-ring (bicyclic) bond motifs is 1. The zero-order valence-corrected chi connectivity index (χ0v) is 14.0. The smallest absolute Gasteiger partial charge is 0.127 e. The summed E-state index contributed by atoms with van der Waals surface area (Å²) in [6.45, 7) is 5.31. The fourth-order valence-corrected chi connectivity index (χ4v) is 3.63. The highest BCUT2D eigenvalue weighted by atomic mass is 35.5. The number of aromatic nitrogens is 2. The van der Waals surface area contributed by atoms with E-state index in [2.05, 4.69) is 22.6 Å². The molecule has 2 atom stereocenters. The molecule has 1 aliphatic rings. The van der Waals surface area contributed by atoms with Crippen LogP contribution in [-0.4, -0.2) is 34.6 Å². The van der Waals surface area contributed by atoms with Gasteiger partial charge in [0.05, 0.1) is 16.4 Å². The molecule has 114 valence electrons. The number of rotatable bonds is 3. The van der Waals surface area contributed by atoms with Crippen molar-refractivity contribution in [3.05, 3.63) is 29.0 Å². The molecule has 1 saturated heterocycles. The van der Waals surface area contributed by atoms with Gasteiger partial charge in [0.25, 0.3) is 0 Å². The van der Waals surface area contributed by atoms with E-state index in [9.17, 15) is 0 Å². The number of alkyl halides is 1. The Hall–Kier alpha value is -0.770. The fourth-order valence-electron chi connectivity index (χ4n) is 3.30. The highest BCUT2D eigenvalue weighted by Crippen LogP contribution is 2.28. The predicted octanol–water partition coefficient (Wildman–Crippen LogP) is 4.33. The Kier molecular flexibility index (Phi) is 4.43. The van der Waals surface area contributed by atoms with Crippen molar-refractivity contribution in [1.29, 1.82) is 0 Å². The first-order valence-corrected chi connectivity index (χ1v) is 8.34. The van der Waals surface area contributed by atoms with Gasteiger partial charge in [0.15, 0.2) is 0 Å². The van der Waals surface area contributed by atoms with Crippen molar-refractivity contribution in [2.45, 2.75) is 31.7 Å². The quantitative estimate of drug-likeness (QED) is 0.783. The molecule has 2 unspecified atom stereocenters. The number of likely N-dealkylation sites (tertiary alicyclic amines) is 1. The number of hydrogen-bond acceptors (Lipinski definition) is 2. The zero-order chi connectivity index (χ0) is 15.0. The number of benzene rings is 1. The lowest BCUT2D eigenvalue weighted by Gasteiger charge is -2.30. The lowest BCUT2D eigenvalue weighted by molar-refractivity contribution is 0.194. The van der Waals surface area contributed by atoms with Gasteiger partial charge in [-0.3, -0.25) is 0 Å². The van der Waals surface area contributed by atoms with E-state index < -0.39 is 0 Å². The van der Waals surface area contributed by atoms with Gasteiger partial charge in [-0.25, -0.2) is 4.98 Å². The van der Waals surface area contributed by atoms with Crippen LogP contribution in [0.2, 0.25) is 5.02 Å². The number of piperidine rings is 1. The van der Waals surface area contributed by atoms with Crippen LogP contribution in [0.1, 0.15) is 31.0 Å². The molecule has 2 heterocycles. The van der Waals surface area contributed by atoms with Gasteiger partial charge in [-0.1, -0.05) is 11.6 Å². The van der Waals surface area contributed by atoms with Crippen molar-refractivity contribution >= 4 is 34.2 Å². The van der Waals surface area contributed by atoms with Crippen molar-refractivity contribution in [3.63, 3.8) is 0 Å². The van der Waals surface area contributed by atoms with E-state index in [1.54, 1.807) is 0 Å². The molecule has 0 radical (unpaired) electrons. The third kappa shape index (κ3) is 3.20. The van der Waals surface area contributed by atoms with Gasteiger partial charge in [-0.05, 0) is 57.5 Å². The normalized spacial score (nSPS) is 21.8. The molecule has 1 aliphatic heterocycles. The number of nitrogens with zero attached hydrogens (tertiary/aromatic N) is 3. The van der Waals surface area contributed by atoms with Crippen LogP contribution in [0.25, 0.3) is 11.0 Å². The molecule has 1 aromatic heterocycles. The molecule has 5 heteroatoms. The summed E-state index contributed by atoms with van der Waals surface area (Å²) in [5.74, 6) is 1.60. The Morgan fingerprint density at radius 1 is 1.43 bits per heavy atom. The predicted molar refractivity (Wildman–Crippen MR) is 89.2 cm³/mol. The highest BCUT2D eigenvalue weighted by molar-refractivity contribution is 6.31. The first-order valence-electron chi connectivity index (χ1n) is 7.53. The molecule has 0 N–H and O–H groups in total. The molecule has 0 saturated carbocycles. The molecular formula is C16H21Cl2N3. The third-order valence-corrected chi connectivity index (χ3v) is 4.69. The first kappa shape index (κ1) is 15.1. The van der Waals surface area contributed by atoms with Crippen LogP contribution >= 0.6 is 23.2 Å². The summed E-state index contributed by atoms with van der Waals surface area (Å²) in [5.41, 5.74) is 2.07. The summed E-state index contributed by atoms with van der Waals surface area (Å²) >= 11 is 12.4. The number of hydrogen-bond donors (Lipinski definition) is 0. The summed E-state index contributed by atoms with van der Waals surface area (Å²) < 4.78 is 2.28. The van der Waals surface area contributed by atoms with E-state index >= 15 is 0 Å². The summed E-state index contributed by atoms with van der Waals surface area (Å²) in [6.07, 6.45) is 2.54. The maximum atomic E-state index is 6.34. The minimum Gasteiger partial charge on any atom is -0.326 e. The number of halogens is 2. The maximum Gasteiger partial charge on any atom is 0.127 e. The first-order chi connectivity index (χ1) is 10.0. The lowest BCUT2D eigenvalue weighted by atomic mass is 9.98. The molecule has 0 aliphatic carbocycles. The van der Waals surface area contributed by atoms with Crippen molar-refractivity contribution < 1.29 is 0 Å². The van der Waals surface area contributed by atoms with Gasteiger partial charge in [-0.15, -0.1) is 11.6 Å². The monoisotopic (exact) mass is 325 g/mol. The Morgan fingerprint density at radius 3 is 2.95 bits per heavy atom. The molecular weight excluding hydrogens is 305 g/mol. The average Bonchev–Trinajstić information content (AvgIpc) is 2.77. The molecule has 0 amide bonds. The standard InChI is InChI=1S/C16H21Cl2N3/c1-11(17)16-19-14-8-13(18)5-6-15(14)21(16)10-12-4-3-7-20(2)9-12/h5-6,8,11-12H,3-4,7,9-10H2,1-2H3. The highest BCUT2D eigenvalue weighted by Gasteiger charge is 2.22. The Labute approximate surface area is 135 Å². The van der Waals surface area contributed by atoms with E-state index in [4.69, 9.17) is 28.2 Å². The van der Waals surface area contributed by atoms with Gasteiger partial charge in [-0.2, -0.15) is 0 Å². The molecule has 0 bridgehead atoms. The zero-order valence-electron chi connectivity index (χ0n) is 12.5. The summed E-state index contributed by atoms with van der Waals surface area (Å²) in [4.78, 5) is 7.10. The van der Waals surface area contributed by atoms with Gasteiger partial charge in [0.2, 0.25) is 0 Å². The molecule has 3 nitrogen and oxygen atoms in total. The lowest BCUT2D eigenvalue weighted by Crippen LogP contribution is -2.34. The van der Waals surface area contributed by atoms with E-state index in [0.29, 0.717) is 5.92 Å². The van der Waals surface area contributed by atoms with Crippen LogP contribution < -0.4 is 0 Å². The number of imidazole rings is 1. The van der Waals surface area contributed by atoms with E-state index in [1.165, 1.54) is 19.4 Å². The molecule has 1 aromatic carbocycles. The third-order valence-electron chi connectivity index (χ3n) is 4.26. The van der Waals surface area contributed by atoms with Crippen LogP contribution in [0.5, 0.6) is 0 Å². The van der Waals surface area contributed by atoms with Crippen molar-refractivity contribution in [2.75, 3.05) is 20.1 Å². The summed E-state index contributed by atoms with van der Waals surface area (Å²) in [5, 5.41) is 0.621. The largest absolute Gasteiger partial charge is 0.326 e. The van der Waals surface area contributed by atoms with Crippen LogP contribution in [0.15, 0.2) is 18.2 Å². The van der Waals surface area contributed by atoms with E-state index in [1.807, 2.05) is 19.1 Å². The van der Waals surface area contributed by atoms with Gasteiger partial charge in [0.1, 0.15) is 5.82 Å². The van der Waals surface area contributed by atoms with Crippen molar-refractivity contribution in [3.8, 4) is 0 Å². The molecule has 2 aromatic rings. The topological polar surface area (TPSA) is 21.1 Å². The van der Waals surface area contributed by atoms with Crippen LogP contribution in [0.3, 0.4) is 0 Å². The Bertz CT molecular complexity index is 636. The van der Waals surface area contributed by atoms with Crippen LogP contribution in [0.4, 0.5) is 0 Å². The Morgan fingerprint density at radius 2 is 2.24 bits per heavy atom. The Balaban J connectivity index is 1.97. The molecule has 1 fully saturated rings. The second-order valence-electron chi connectivity index (χ2n) is 6.10. The minimum absolute atomic E-state index is 0.0995. The van der Waals surface area contributed by atoms with Gasteiger partial charge >= 0.3 is 0 Å². The van der Waals surface area contributed by atoms with E-state index in [0.717, 1.165) is 35.0 Å². The second-order valence-corrected chi connectivity index (χ2v) is 7.19. The summed E-state index contributed by atoms with van der Waals surface area (Å²) in [7, 11) is 2.20. The maximum absolute atomic E-state index is 6.34. The molecule has 21 heavy (non-hydrogen) atoms. The van der Waals surface area contributed by atoms with Gasteiger partial charge < -0.3 is 9.47 Å². The van der Waals surface area contributed by atoms with Crippen molar-refractivity contribution in [2.24, 2.45) is 5.92 Å². The van der Waals surface area contributed by atoms with E-state index in [-0.39, 0.29) is 5.38 Å².